The second kappa shape index (κ2) is 3.89. The summed E-state index contributed by atoms with van der Waals surface area (Å²) in [4.78, 5) is 20.4. The van der Waals surface area contributed by atoms with E-state index in [-0.39, 0.29) is 10.3 Å². The van der Waals surface area contributed by atoms with Gasteiger partial charge in [0.2, 0.25) is 0 Å². The Bertz CT molecular complexity index is 710. The number of aromatic nitrogens is 3. The molecular formula is C9H8F3N3OS2. The second-order valence-corrected chi connectivity index (χ2v) is 5.90. The lowest BCUT2D eigenvalue weighted by Crippen LogP contribution is -2.39. The van der Waals surface area contributed by atoms with E-state index in [0.717, 1.165) is 25.2 Å². The number of nitrogens with one attached hydrogen (secondary N) is 2. The normalized spacial score (nSPS) is 13.2. The fourth-order valence-corrected chi connectivity index (χ4v) is 2.33. The molecule has 0 saturated carbocycles. The minimum atomic E-state index is -4.51. The maximum Gasteiger partial charge on any atom is 0.400 e. The van der Waals surface area contributed by atoms with Gasteiger partial charge in [0, 0.05) is 0 Å². The quantitative estimate of drug-likeness (QED) is 0.795. The van der Waals surface area contributed by atoms with Crippen LogP contribution in [-0.2, 0) is 5.41 Å². The van der Waals surface area contributed by atoms with Crippen LogP contribution in [0.15, 0.2) is 4.79 Å². The average molecular weight is 295 g/mol. The van der Waals surface area contributed by atoms with Gasteiger partial charge in [0.05, 0.1) is 0 Å². The minimum absolute atomic E-state index is 0.103. The first-order chi connectivity index (χ1) is 8.13. The van der Waals surface area contributed by atoms with E-state index in [2.05, 4.69) is 15.0 Å². The standard InChI is InChI=1S/C9H8F3N3OS2/c1-8(2,9(10,11)12)6-14-4(16)3-5(15-6)18-7(17)13-3/h1-2H3,(H,13,17)(H,14,15,16). The van der Waals surface area contributed by atoms with E-state index < -0.39 is 23.0 Å². The number of alkyl halides is 3. The lowest BCUT2D eigenvalue weighted by atomic mass is 9.91. The van der Waals surface area contributed by atoms with Gasteiger partial charge in [-0.2, -0.15) is 13.2 Å². The molecule has 2 rings (SSSR count). The molecule has 0 spiro atoms. The summed E-state index contributed by atoms with van der Waals surface area (Å²) in [6.07, 6.45) is -4.51. The van der Waals surface area contributed by atoms with Gasteiger partial charge >= 0.3 is 6.18 Å². The molecule has 98 valence electrons. The van der Waals surface area contributed by atoms with Crippen LogP contribution < -0.4 is 5.56 Å². The van der Waals surface area contributed by atoms with Crippen molar-refractivity contribution < 1.29 is 13.2 Å². The van der Waals surface area contributed by atoms with Crippen molar-refractivity contribution in [1.29, 1.82) is 0 Å². The van der Waals surface area contributed by atoms with Crippen molar-refractivity contribution >= 4 is 33.9 Å². The highest BCUT2D eigenvalue weighted by molar-refractivity contribution is 7.73. The predicted molar refractivity (Wildman–Crippen MR) is 64.5 cm³/mol. The Morgan fingerprint density at radius 2 is 1.89 bits per heavy atom. The minimum Gasteiger partial charge on any atom is -0.331 e. The number of H-pyrrole nitrogens is 2. The van der Waals surface area contributed by atoms with Crippen molar-refractivity contribution in [3.63, 3.8) is 0 Å². The summed E-state index contributed by atoms with van der Waals surface area (Å²) in [6.45, 7) is 1.92. The van der Waals surface area contributed by atoms with Crippen LogP contribution in [0.4, 0.5) is 13.2 Å². The number of hydrogen-bond donors (Lipinski definition) is 2. The molecule has 0 atom stereocenters. The van der Waals surface area contributed by atoms with Crippen LogP contribution in [-0.4, -0.2) is 21.1 Å². The summed E-state index contributed by atoms with van der Waals surface area (Å²) in [5.41, 5.74) is -2.78. The Morgan fingerprint density at radius 1 is 1.28 bits per heavy atom. The van der Waals surface area contributed by atoms with Gasteiger partial charge in [-0.3, -0.25) is 4.79 Å². The van der Waals surface area contributed by atoms with Crippen molar-refractivity contribution in [1.82, 2.24) is 15.0 Å². The first-order valence-electron chi connectivity index (χ1n) is 4.83. The molecule has 0 aromatic carbocycles. The van der Waals surface area contributed by atoms with Gasteiger partial charge < -0.3 is 9.97 Å². The number of halogens is 3. The Kier molecular flexibility index (Phi) is 2.85. The molecule has 0 aliphatic heterocycles. The van der Waals surface area contributed by atoms with Crippen molar-refractivity contribution in [2.45, 2.75) is 25.4 Å². The summed E-state index contributed by atoms with van der Waals surface area (Å²) in [6, 6.07) is 0. The summed E-state index contributed by atoms with van der Waals surface area (Å²) >= 11 is 5.80. The SMILES string of the molecule is CC(C)(c1nc2sc(=S)[nH]c2c(=O)[nH]1)C(F)(F)F. The molecule has 2 aromatic rings. The maximum absolute atomic E-state index is 12.9. The Balaban J connectivity index is 2.74. The monoisotopic (exact) mass is 295 g/mol. The highest BCUT2D eigenvalue weighted by atomic mass is 32.1. The molecule has 0 bridgehead atoms. The average Bonchev–Trinajstić information content (AvgIpc) is 2.57. The van der Waals surface area contributed by atoms with Gasteiger partial charge in [0.15, 0.2) is 3.95 Å². The van der Waals surface area contributed by atoms with E-state index >= 15 is 0 Å². The molecule has 0 unspecified atom stereocenters. The first kappa shape index (κ1) is 13.2. The third kappa shape index (κ3) is 1.97. The zero-order chi connectivity index (χ0) is 13.7. The van der Waals surface area contributed by atoms with Crippen LogP contribution >= 0.6 is 23.6 Å². The van der Waals surface area contributed by atoms with E-state index in [9.17, 15) is 18.0 Å². The van der Waals surface area contributed by atoms with Gasteiger partial charge in [-0.1, -0.05) is 11.3 Å². The van der Waals surface area contributed by atoms with Crippen molar-refractivity contribution in [3.8, 4) is 0 Å². The second-order valence-electron chi connectivity index (χ2n) is 4.23. The number of fused-ring (bicyclic) bond motifs is 1. The van der Waals surface area contributed by atoms with Crippen LogP contribution in [0.5, 0.6) is 0 Å². The van der Waals surface area contributed by atoms with Gasteiger partial charge in [0.1, 0.15) is 21.6 Å². The number of rotatable bonds is 1. The van der Waals surface area contributed by atoms with Crippen LogP contribution in [0.1, 0.15) is 19.7 Å². The number of hydrogen-bond acceptors (Lipinski definition) is 4. The third-order valence-electron chi connectivity index (χ3n) is 2.60. The number of nitrogens with zero attached hydrogens (tertiary/aromatic N) is 1. The zero-order valence-electron chi connectivity index (χ0n) is 9.31. The first-order valence-corrected chi connectivity index (χ1v) is 6.06. The molecule has 2 aromatic heterocycles. The Hall–Kier alpha value is -1.22. The largest absolute Gasteiger partial charge is 0.400 e. The van der Waals surface area contributed by atoms with Gasteiger partial charge in [0.25, 0.3) is 5.56 Å². The fraction of sp³-hybridized carbons (Fsp3) is 0.444. The van der Waals surface area contributed by atoms with E-state index in [0.29, 0.717) is 3.95 Å². The van der Waals surface area contributed by atoms with Crippen LogP contribution in [0.25, 0.3) is 10.3 Å². The third-order valence-corrected chi connectivity index (χ3v) is 3.73. The van der Waals surface area contributed by atoms with Crippen LogP contribution in [0.3, 0.4) is 0 Å². The maximum atomic E-state index is 12.9. The van der Waals surface area contributed by atoms with Gasteiger partial charge in [-0.25, -0.2) is 4.98 Å². The molecule has 2 heterocycles. The molecule has 9 heteroatoms. The Labute approximate surface area is 108 Å². The predicted octanol–water partition coefficient (Wildman–Crippen LogP) is 2.88. The molecular weight excluding hydrogens is 287 g/mol. The molecule has 18 heavy (non-hydrogen) atoms. The van der Waals surface area contributed by atoms with Crippen molar-refractivity contribution in [2.24, 2.45) is 0 Å². The smallest absolute Gasteiger partial charge is 0.331 e. The van der Waals surface area contributed by atoms with Crippen molar-refractivity contribution in [2.75, 3.05) is 0 Å². The molecule has 0 aliphatic rings. The van der Waals surface area contributed by atoms with E-state index in [1.807, 2.05) is 0 Å². The highest BCUT2D eigenvalue weighted by Gasteiger charge is 2.50. The van der Waals surface area contributed by atoms with E-state index in [1.54, 1.807) is 0 Å². The molecule has 2 N–H and O–H groups in total. The lowest BCUT2D eigenvalue weighted by Gasteiger charge is -2.26. The summed E-state index contributed by atoms with van der Waals surface area (Å²) in [5, 5.41) is 0. The fourth-order valence-electron chi connectivity index (χ4n) is 1.28. The molecule has 0 amide bonds. The topological polar surface area (TPSA) is 61.5 Å². The molecule has 0 fully saturated rings. The van der Waals surface area contributed by atoms with Crippen LogP contribution in [0, 0.1) is 3.95 Å². The molecule has 4 nitrogen and oxygen atoms in total. The number of thiazole rings is 1. The summed E-state index contributed by atoms with van der Waals surface area (Å²) in [7, 11) is 0. The molecule has 0 aliphatic carbocycles. The zero-order valence-corrected chi connectivity index (χ0v) is 10.9. The highest BCUT2D eigenvalue weighted by Crippen LogP contribution is 2.38. The van der Waals surface area contributed by atoms with E-state index in [4.69, 9.17) is 12.2 Å². The van der Waals surface area contributed by atoms with Crippen molar-refractivity contribution in [3.05, 3.63) is 20.1 Å². The molecule has 0 saturated heterocycles. The summed E-state index contributed by atoms with van der Waals surface area (Å²) in [5.74, 6) is -0.419. The Morgan fingerprint density at radius 3 is 2.44 bits per heavy atom. The van der Waals surface area contributed by atoms with E-state index in [1.165, 1.54) is 0 Å². The van der Waals surface area contributed by atoms with Crippen LogP contribution in [0.2, 0.25) is 0 Å². The summed E-state index contributed by atoms with van der Waals surface area (Å²) < 4.78 is 38.9. The van der Waals surface area contributed by atoms with Gasteiger partial charge in [-0.15, -0.1) is 0 Å². The molecule has 0 radical (unpaired) electrons. The lowest BCUT2D eigenvalue weighted by molar-refractivity contribution is -0.182. The van der Waals surface area contributed by atoms with Gasteiger partial charge in [-0.05, 0) is 26.1 Å². The number of aromatic amines is 2.